The fourth-order valence-electron chi connectivity index (χ4n) is 2.62. The number of carbonyl (C=O) groups is 1. The van der Waals surface area contributed by atoms with E-state index in [0.29, 0.717) is 18.8 Å². The number of anilines is 1. The molecule has 2 N–H and O–H groups in total. The lowest BCUT2D eigenvalue weighted by atomic mass is 10.2. The van der Waals surface area contributed by atoms with Crippen molar-refractivity contribution in [3.8, 4) is 0 Å². The van der Waals surface area contributed by atoms with Crippen LogP contribution in [0.25, 0.3) is 0 Å². The number of carbonyl (C=O) groups excluding carboxylic acids is 1. The molecule has 1 saturated heterocycles. The summed E-state index contributed by atoms with van der Waals surface area (Å²) in [5, 5.41) is 9.49. The second kappa shape index (κ2) is 6.62. The van der Waals surface area contributed by atoms with E-state index >= 15 is 0 Å². The van der Waals surface area contributed by atoms with Crippen molar-refractivity contribution >= 4 is 21.6 Å². The zero-order chi connectivity index (χ0) is 17.2. The molecule has 0 bridgehead atoms. The van der Waals surface area contributed by atoms with E-state index in [4.69, 9.17) is 0 Å². The minimum atomic E-state index is -3.61. The first kappa shape index (κ1) is 16.5. The molecule has 1 aliphatic heterocycles. The van der Waals surface area contributed by atoms with Gasteiger partial charge in [0, 0.05) is 18.8 Å². The maximum absolute atomic E-state index is 12.3. The van der Waals surface area contributed by atoms with Crippen molar-refractivity contribution in [3.05, 3.63) is 60.2 Å². The first-order valence-corrected chi connectivity index (χ1v) is 9.05. The molecule has 3 rings (SSSR count). The van der Waals surface area contributed by atoms with E-state index in [2.05, 4.69) is 4.72 Å². The highest BCUT2D eigenvalue weighted by molar-refractivity contribution is 7.92. The SMILES string of the molecule is O=C1C[C@H](O)CN1Cc1ccc(NS(=O)(=O)c2ccccc2)cc1. The van der Waals surface area contributed by atoms with Crippen LogP contribution in [0.3, 0.4) is 0 Å². The van der Waals surface area contributed by atoms with Gasteiger partial charge in [-0.05, 0) is 29.8 Å². The molecule has 0 aromatic heterocycles. The Morgan fingerprint density at radius 3 is 2.33 bits per heavy atom. The Balaban J connectivity index is 1.68. The fourth-order valence-corrected chi connectivity index (χ4v) is 3.70. The topological polar surface area (TPSA) is 86.7 Å². The van der Waals surface area contributed by atoms with Gasteiger partial charge in [-0.2, -0.15) is 0 Å². The molecule has 0 aliphatic carbocycles. The Morgan fingerprint density at radius 2 is 1.75 bits per heavy atom. The third-order valence-corrected chi connectivity index (χ3v) is 5.22. The van der Waals surface area contributed by atoms with E-state index in [-0.39, 0.29) is 17.2 Å². The summed E-state index contributed by atoms with van der Waals surface area (Å²) in [6.07, 6.45) is -0.441. The van der Waals surface area contributed by atoms with Crippen LogP contribution in [0.5, 0.6) is 0 Å². The molecule has 7 heteroatoms. The van der Waals surface area contributed by atoms with Crippen LogP contribution >= 0.6 is 0 Å². The number of hydrogen-bond donors (Lipinski definition) is 2. The average molecular weight is 346 g/mol. The number of β-amino-alcohol motifs (C(OH)–C–C–N with tert-alkyl or cyclic N) is 1. The monoisotopic (exact) mass is 346 g/mol. The molecule has 0 unspecified atom stereocenters. The minimum absolute atomic E-state index is 0.0728. The van der Waals surface area contributed by atoms with Crippen molar-refractivity contribution in [2.24, 2.45) is 0 Å². The van der Waals surface area contributed by atoms with Gasteiger partial charge in [0.25, 0.3) is 10.0 Å². The van der Waals surface area contributed by atoms with Gasteiger partial charge in [0.15, 0.2) is 0 Å². The van der Waals surface area contributed by atoms with Gasteiger partial charge < -0.3 is 10.0 Å². The van der Waals surface area contributed by atoms with E-state index in [9.17, 15) is 18.3 Å². The molecule has 1 fully saturated rings. The van der Waals surface area contributed by atoms with Gasteiger partial charge in [-0.1, -0.05) is 30.3 Å². The summed E-state index contributed by atoms with van der Waals surface area (Å²) in [5.74, 6) is -0.0728. The molecule has 2 aromatic carbocycles. The largest absolute Gasteiger partial charge is 0.391 e. The number of likely N-dealkylation sites (tertiary alicyclic amines) is 1. The van der Waals surface area contributed by atoms with Gasteiger partial charge in [-0.3, -0.25) is 9.52 Å². The molecule has 2 aromatic rings. The van der Waals surface area contributed by atoms with Crippen LogP contribution < -0.4 is 4.72 Å². The molecule has 24 heavy (non-hydrogen) atoms. The van der Waals surface area contributed by atoms with Crippen LogP contribution in [0.2, 0.25) is 0 Å². The molecule has 1 amide bonds. The van der Waals surface area contributed by atoms with Crippen molar-refractivity contribution in [1.29, 1.82) is 0 Å². The fraction of sp³-hybridized carbons (Fsp3) is 0.235. The van der Waals surface area contributed by atoms with E-state index in [1.165, 1.54) is 12.1 Å². The normalized spacial score (nSPS) is 18.0. The average Bonchev–Trinajstić information content (AvgIpc) is 2.87. The van der Waals surface area contributed by atoms with Crippen molar-refractivity contribution < 1.29 is 18.3 Å². The van der Waals surface area contributed by atoms with Crippen molar-refractivity contribution in [3.63, 3.8) is 0 Å². The van der Waals surface area contributed by atoms with E-state index in [0.717, 1.165) is 5.56 Å². The summed E-state index contributed by atoms with van der Waals surface area (Å²) < 4.78 is 27.0. The Bertz CT molecular complexity index is 819. The highest BCUT2D eigenvalue weighted by Gasteiger charge is 2.27. The van der Waals surface area contributed by atoms with Crippen molar-refractivity contribution in [2.75, 3.05) is 11.3 Å². The van der Waals surface area contributed by atoms with Gasteiger partial charge >= 0.3 is 0 Å². The standard InChI is InChI=1S/C17H18N2O4S/c20-15-10-17(21)19(12-15)11-13-6-8-14(9-7-13)18-24(22,23)16-4-2-1-3-5-16/h1-9,15,18,20H,10-12H2/t15-/m0/s1. The van der Waals surface area contributed by atoms with Crippen LogP contribution in [0.1, 0.15) is 12.0 Å². The number of nitrogens with one attached hydrogen (secondary N) is 1. The van der Waals surface area contributed by atoms with Crippen LogP contribution in [0.4, 0.5) is 5.69 Å². The highest BCUT2D eigenvalue weighted by atomic mass is 32.2. The van der Waals surface area contributed by atoms with Crippen LogP contribution in [-0.4, -0.2) is 37.0 Å². The number of hydrogen-bond acceptors (Lipinski definition) is 4. The van der Waals surface area contributed by atoms with Crippen LogP contribution in [0, 0.1) is 0 Å². The summed E-state index contributed by atoms with van der Waals surface area (Å²) in [6.45, 7) is 0.739. The molecule has 126 valence electrons. The number of aliphatic hydroxyl groups is 1. The molecule has 0 spiro atoms. The molecular weight excluding hydrogens is 328 g/mol. The lowest BCUT2D eigenvalue weighted by Gasteiger charge is -2.16. The number of aliphatic hydroxyl groups excluding tert-OH is 1. The molecular formula is C17H18N2O4S. The zero-order valence-corrected chi connectivity index (χ0v) is 13.7. The molecule has 1 aliphatic rings. The van der Waals surface area contributed by atoms with E-state index in [1.54, 1.807) is 47.4 Å². The Kier molecular flexibility index (Phi) is 4.55. The molecule has 1 atom stereocenters. The third-order valence-electron chi connectivity index (χ3n) is 3.83. The first-order valence-electron chi connectivity index (χ1n) is 7.57. The van der Waals surface area contributed by atoms with Gasteiger partial charge in [-0.25, -0.2) is 8.42 Å². The van der Waals surface area contributed by atoms with Crippen LogP contribution in [-0.2, 0) is 21.4 Å². The van der Waals surface area contributed by atoms with Crippen molar-refractivity contribution in [2.45, 2.75) is 24.0 Å². The lowest BCUT2D eigenvalue weighted by Crippen LogP contribution is -2.25. The lowest BCUT2D eigenvalue weighted by molar-refractivity contribution is -0.128. The molecule has 0 saturated carbocycles. The molecule has 6 nitrogen and oxygen atoms in total. The second-order valence-electron chi connectivity index (χ2n) is 5.75. The molecule has 0 radical (unpaired) electrons. The van der Waals surface area contributed by atoms with Gasteiger partial charge in [0.2, 0.25) is 5.91 Å². The van der Waals surface area contributed by atoms with Crippen LogP contribution in [0.15, 0.2) is 59.5 Å². The van der Waals surface area contributed by atoms with E-state index in [1.807, 2.05) is 0 Å². The smallest absolute Gasteiger partial charge is 0.261 e. The summed E-state index contributed by atoms with van der Waals surface area (Å²) in [4.78, 5) is 13.5. The maximum Gasteiger partial charge on any atom is 0.261 e. The Morgan fingerprint density at radius 1 is 1.08 bits per heavy atom. The highest BCUT2D eigenvalue weighted by Crippen LogP contribution is 2.19. The number of benzene rings is 2. The van der Waals surface area contributed by atoms with Gasteiger partial charge in [0.05, 0.1) is 17.4 Å². The summed E-state index contributed by atoms with van der Waals surface area (Å²) in [7, 11) is -3.61. The Hall–Kier alpha value is -2.38. The minimum Gasteiger partial charge on any atom is -0.391 e. The van der Waals surface area contributed by atoms with E-state index < -0.39 is 16.1 Å². The number of nitrogens with zero attached hydrogens (tertiary/aromatic N) is 1. The van der Waals surface area contributed by atoms with Gasteiger partial charge in [0.1, 0.15) is 0 Å². The third kappa shape index (κ3) is 3.74. The zero-order valence-electron chi connectivity index (χ0n) is 12.9. The quantitative estimate of drug-likeness (QED) is 0.861. The maximum atomic E-state index is 12.3. The first-order chi connectivity index (χ1) is 11.4. The van der Waals surface area contributed by atoms with Gasteiger partial charge in [-0.15, -0.1) is 0 Å². The second-order valence-corrected chi connectivity index (χ2v) is 7.43. The number of rotatable bonds is 5. The summed E-state index contributed by atoms with van der Waals surface area (Å²) in [6, 6.07) is 15.0. The molecule has 1 heterocycles. The summed E-state index contributed by atoms with van der Waals surface area (Å²) in [5.41, 5.74) is 1.33. The number of amides is 1. The number of sulfonamides is 1. The Labute approximate surface area is 140 Å². The van der Waals surface area contributed by atoms with Crippen molar-refractivity contribution in [1.82, 2.24) is 4.90 Å². The predicted molar refractivity (Wildman–Crippen MR) is 89.7 cm³/mol. The summed E-state index contributed by atoms with van der Waals surface area (Å²) >= 11 is 0. The predicted octanol–water partition coefficient (Wildman–Crippen LogP) is 1.58.